The standard InChI is InChI=1S/C30H42N6O4/c1-30(2)18-36(21-10-6-7-11-21)26-23(35(3)28(30)39)17-32-29(34-26)33-22-14-13-19(15-25(22)40-4)27(38)31-16-20-9-5-8-12-24(20)37/h13-15,17,20-21,28,39H,5-12,16,18H2,1-4H3,(H,31,38)(H,32,33,34)/t20-,28?/m0/s1. The molecule has 1 aliphatic heterocycles. The van der Waals surface area contributed by atoms with Crippen LogP contribution in [0.2, 0.25) is 0 Å². The molecular formula is C30H42N6O4. The predicted molar refractivity (Wildman–Crippen MR) is 155 cm³/mol. The molecule has 2 fully saturated rings. The zero-order valence-corrected chi connectivity index (χ0v) is 24.1. The van der Waals surface area contributed by atoms with Gasteiger partial charge >= 0.3 is 0 Å². The van der Waals surface area contributed by atoms with Gasteiger partial charge in [-0.05, 0) is 43.9 Å². The highest BCUT2D eigenvalue weighted by molar-refractivity contribution is 5.96. The zero-order chi connectivity index (χ0) is 28.4. The molecular weight excluding hydrogens is 508 g/mol. The number of carbonyl (C=O) groups excluding carboxylic acids is 2. The van der Waals surface area contributed by atoms with E-state index in [2.05, 4.69) is 34.4 Å². The van der Waals surface area contributed by atoms with Crippen LogP contribution in [-0.2, 0) is 4.79 Å². The quantitative estimate of drug-likeness (QED) is 0.464. The maximum atomic E-state index is 12.8. The number of Topliss-reactive ketones (excluding diaryl/α,β-unsaturated/α-hetero) is 1. The van der Waals surface area contributed by atoms with Crippen molar-refractivity contribution in [3.05, 3.63) is 30.0 Å². The highest BCUT2D eigenvalue weighted by Gasteiger charge is 2.41. The number of nitrogens with zero attached hydrogens (tertiary/aromatic N) is 4. The van der Waals surface area contributed by atoms with E-state index in [1.165, 1.54) is 12.8 Å². The van der Waals surface area contributed by atoms with E-state index < -0.39 is 6.23 Å². The predicted octanol–water partition coefficient (Wildman–Crippen LogP) is 4.26. The van der Waals surface area contributed by atoms with Crippen LogP contribution in [0.25, 0.3) is 0 Å². The number of hydrogen-bond donors (Lipinski definition) is 3. The van der Waals surface area contributed by atoms with Gasteiger partial charge in [0.25, 0.3) is 5.91 Å². The number of hydrogen-bond acceptors (Lipinski definition) is 9. The van der Waals surface area contributed by atoms with Crippen LogP contribution in [0.15, 0.2) is 24.4 Å². The van der Waals surface area contributed by atoms with Crippen molar-refractivity contribution in [3.8, 4) is 5.75 Å². The Morgan fingerprint density at radius 1 is 1.18 bits per heavy atom. The van der Waals surface area contributed by atoms with E-state index in [9.17, 15) is 14.7 Å². The molecule has 0 radical (unpaired) electrons. The molecule has 0 spiro atoms. The van der Waals surface area contributed by atoms with Crippen molar-refractivity contribution in [2.45, 2.75) is 77.5 Å². The molecule has 40 heavy (non-hydrogen) atoms. The molecule has 216 valence electrons. The van der Waals surface area contributed by atoms with Crippen molar-refractivity contribution >= 4 is 34.8 Å². The van der Waals surface area contributed by atoms with Crippen LogP contribution in [0.5, 0.6) is 5.75 Å². The molecule has 2 heterocycles. The molecule has 10 nitrogen and oxygen atoms in total. The molecule has 5 rings (SSSR count). The summed E-state index contributed by atoms with van der Waals surface area (Å²) in [5, 5.41) is 17.3. The van der Waals surface area contributed by atoms with E-state index in [0.29, 0.717) is 48.5 Å². The Bertz CT molecular complexity index is 1240. The Hall–Kier alpha value is -3.40. The van der Waals surface area contributed by atoms with Gasteiger partial charge in [-0.3, -0.25) is 9.59 Å². The normalized spacial score (nSPS) is 23.0. The van der Waals surface area contributed by atoms with E-state index in [4.69, 9.17) is 9.72 Å². The van der Waals surface area contributed by atoms with Crippen LogP contribution >= 0.6 is 0 Å². The summed E-state index contributed by atoms with van der Waals surface area (Å²) in [7, 11) is 3.44. The van der Waals surface area contributed by atoms with Crippen LogP contribution in [0, 0.1) is 11.3 Å². The lowest BCUT2D eigenvalue weighted by Crippen LogP contribution is -2.48. The first-order valence-electron chi connectivity index (χ1n) is 14.5. The van der Waals surface area contributed by atoms with Gasteiger partial charge < -0.3 is 30.3 Å². The third-order valence-corrected chi connectivity index (χ3v) is 8.71. The molecule has 1 unspecified atom stereocenters. The second-order valence-corrected chi connectivity index (χ2v) is 12.1. The number of ketones is 1. The van der Waals surface area contributed by atoms with Crippen molar-refractivity contribution in [2.75, 3.05) is 42.4 Å². The monoisotopic (exact) mass is 550 g/mol. The minimum atomic E-state index is -0.671. The number of rotatable bonds is 7. The lowest BCUT2D eigenvalue weighted by atomic mass is 9.88. The third kappa shape index (κ3) is 5.73. The van der Waals surface area contributed by atoms with Crippen molar-refractivity contribution in [3.63, 3.8) is 0 Å². The van der Waals surface area contributed by atoms with Crippen LogP contribution in [-0.4, -0.2) is 66.3 Å². The first kappa shape index (κ1) is 28.1. The third-order valence-electron chi connectivity index (χ3n) is 8.71. The van der Waals surface area contributed by atoms with E-state index in [1.54, 1.807) is 31.5 Å². The number of amides is 1. The number of methoxy groups -OCH3 is 1. The molecule has 2 saturated carbocycles. The molecule has 0 saturated heterocycles. The number of benzene rings is 1. The summed E-state index contributed by atoms with van der Waals surface area (Å²) in [5.74, 6) is 1.61. The number of anilines is 4. The molecule has 2 aromatic rings. The Morgan fingerprint density at radius 3 is 2.65 bits per heavy atom. The SMILES string of the molecule is COc1cc(C(=O)NC[C@@H]2CCCCC2=O)ccc1Nc1ncc2c(n1)N(C1CCCC1)CC(C)(C)C(O)N2C. The van der Waals surface area contributed by atoms with E-state index >= 15 is 0 Å². The number of fused-ring (bicyclic) bond motifs is 1. The van der Waals surface area contributed by atoms with Crippen LogP contribution in [0.3, 0.4) is 0 Å². The summed E-state index contributed by atoms with van der Waals surface area (Å²) in [6, 6.07) is 5.56. The minimum absolute atomic E-state index is 0.0968. The van der Waals surface area contributed by atoms with Gasteiger partial charge in [-0.25, -0.2) is 4.98 Å². The Labute approximate surface area is 236 Å². The van der Waals surface area contributed by atoms with Gasteiger partial charge in [0.05, 0.1) is 19.0 Å². The Morgan fingerprint density at radius 2 is 1.93 bits per heavy atom. The van der Waals surface area contributed by atoms with E-state index in [0.717, 1.165) is 43.6 Å². The molecule has 2 aliphatic carbocycles. The molecule has 10 heteroatoms. The zero-order valence-electron chi connectivity index (χ0n) is 24.1. The summed E-state index contributed by atoms with van der Waals surface area (Å²) in [6.07, 6.45) is 9.09. The second-order valence-electron chi connectivity index (χ2n) is 12.1. The summed E-state index contributed by atoms with van der Waals surface area (Å²) in [5.41, 5.74) is 1.52. The fourth-order valence-electron chi connectivity index (χ4n) is 6.30. The van der Waals surface area contributed by atoms with Crippen LogP contribution < -0.4 is 25.2 Å². The maximum absolute atomic E-state index is 12.8. The van der Waals surface area contributed by atoms with Gasteiger partial charge in [-0.15, -0.1) is 0 Å². The Balaban J connectivity index is 1.36. The molecule has 1 aromatic carbocycles. The van der Waals surface area contributed by atoms with Crippen molar-refractivity contribution in [2.24, 2.45) is 11.3 Å². The first-order chi connectivity index (χ1) is 19.2. The smallest absolute Gasteiger partial charge is 0.251 e. The van der Waals surface area contributed by atoms with Gasteiger partial charge in [0, 0.05) is 49.5 Å². The van der Waals surface area contributed by atoms with Crippen molar-refractivity contribution < 1.29 is 19.4 Å². The number of ether oxygens (including phenoxy) is 1. The number of aliphatic hydroxyl groups excluding tert-OH is 1. The lowest BCUT2D eigenvalue weighted by Gasteiger charge is -2.37. The second kappa shape index (κ2) is 11.6. The van der Waals surface area contributed by atoms with E-state index in [1.807, 2.05) is 11.9 Å². The van der Waals surface area contributed by atoms with Gasteiger partial charge in [0.2, 0.25) is 5.95 Å². The highest BCUT2D eigenvalue weighted by Crippen LogP contribution is 2.42. The molecule has 3 aliphatic rings. The minimum Gasteiger partial charge on any atom is -0.495 e. The summed E-state index contributed by atoms with van der Waals surface area (Å²) in [4.78, 5) is 38.7. The van der Waals surface area contributed by atoms with Gasteiger partial charge in [-0.2, -0.15) is 4.98 Å². The number of aromatic nitrogens is 2. The molecule has 2 atom stereocenters. The lowest BCUT2D eigenvalue weighted by molar-refractivity contribution is -0.124. The molecule has 3 N–H and O–H groups in total. The average Bonchev–Trinajstić information content (AvgIpc) is 3.47. The van der Waals surface area contributed by atoms with Gasteiger partial charge in [-0.1, -0.05) is 33.1 Å². The highest BCUT2D eigenvalue weighted by atomic mass is 16.5. The molecule has 1 aromatic heterocycles. The van der Waals surface area contributed by atoms with Crippen molar-refractivity contribution in [1.29, 1.82) is 0 Å². The van der Waals surface area contributed by atoms with Gasteiger partial charge in [0.15, 0.2) is 5.82 Å². The number of carbonyl (C=O) groups is 2. The number of aliphatic hydroxyl groups is 1. The van der Waals surface area contributed by atoms with Crippen molar-refractivity contribution in [1.82, 2.24) is 15.3 Å². The van der Waals surface area contributed by atoms with Crippen LogP contribution in [0.1, 0.15) is 75.6 Å². The topological polar surface area (TPSA) is 120 Å². The maximum Gasteiger partial charge on any atom is 0.251 e. The van der Waals surface area contributed by atoms with Gasteiger partial charge in [0.1, 0.15) is 23.4 Å². The fraction of sp³-hybridized carbons (Fsp3) is 0.600. The van der Waals surface area contributed by atoms with Crippen LogP contribution in [0.4, 0.5) is 23.1 Å². The Kier molecular flexibility index (Phi) is 8.16. The van der Waals surface area contributed by atoms with E-state index in [-0.39, 0.29) is 23.0 Å². The number of nitrogens with one attached hydrogen (secondary N) is 2. The molecule has 1 amide bonds. The average molecular weight is 551 g/mol. The first-order valence-corrected chi connectivity index (χ1v) is 14.5. The summed E-state index contributed by atoms with van der Waals surface area (Å²) in [6.45, 7) is 5.22. The summed E-state index contributed by atoms with van der Waals surface area (Å²) >= 11 is 0. The largest absolute Gasteiger partial charge is 0.495 e. The fourth-order valence-corrected chi connectivity index (χ4v) is 6.30. The summed E-state index contributed by atoms with van der Waals surface area (Å²) < 4.78 is 5.61. The molecule has 0 bridgehead atoms.